The van der Waals surface area contributed by atoms with E-state index in [1.165, 1.54) is 18.4 Å². The van der Waals surface area contributed by atoms with Gasteiger partial charge < -0.3 is 11.1 Å². The maximum Gasteiger partial charge on any atom is 0.0638 e. The van der Waals surface area contributed by atoms with E-state index in [4.69, 9.17) is 17.3 Å². The van der Waals surface area contributed by atoms with E-state index in [9.17, 15) is 0 Å². The molecular formula is C11H15ClN2. The van der Waals surface area contributed by atoms with E-state index >= 15 is 0 Å². The lowest BCUT2D eigenvalue weighted by atomic mass is 9.90. The standard InChI is InChI=1S/C11H15ClN2/c12-10-5-1-4-9(11(10)13)8-3-2-6-14-7-8/h1,4-5,8,14H,2-3,6-7,13H2. The van der Waals surface area contributed by atoms with Crippen molar-refractivity contribution >= 4 is 17.3 Å². The van der Waals surface area contributed by atoms with Crippen molar-refractivity contribution in [3.8, 4) is 0 Å². The average molecular weight is 211 g/mol. The quantitative estimate of drug-likeness (QED) is 0.699. The van der Waals surface area contributed by atoms with Crippen molar-refractivity contribution in [2.75, 3.05) is 18.8 Å². The Labute approximate surface area is 89.4 Å². The van der Waals surface area contributed by atoms with Crippen LogP contribution in [0.3, 0.4) is 0 Å². The number of anilines is 1. The van der Waals surface area contributed by atoms with Gasteiger partial charge in [0.15, 0.2) is 0 Å². The Morgan fingerprint density at radius 1 is 1.43 bits per heavy atom. The number of hydrogen-bond donors (Lipinski definition) is 2. The van der Waals surface area contributed by atoms with E-state index in [2.05, 4.69) is 11.4 Å². The van der Waals surface area contributed by atoms with Crippen LogP contribution < -0.4 is 11.1 Å². The predicted octanol–water partition coefficient (Wildman–Crippen LogP) is 2.39. The number of nitrogens with two attached hydrogens (primary N) is 1. The highest BCUT2D eigenvalue weighted by atomic mass is 35.5. The molecule has 0 aromatic heterocycles. The summed E-state index contributed by atoms with van der Waals surface area (Å²) in [5, 5.41) is 4.06. The Bertz CT molecular complexity index is 319. The zero-order valence-electron chi connectivity index (χ0n) is 8.09. The second-order valence-corrected chi connectivity index (χ2v) is 4.19. The van der Waals surface area contributed by atoms with Crippen LogP contribution in [0.1, 0.15) is 24.3 Å². The lowest BCUT2D eigenvalue weighted by Crippen LogP contribution is -2.28. The van der Waals surface area contributed by atoms with E-state index in [0.717, 1.165) is 18.8 Å². The number of rotatable bonds is 1. The number of halogens is 1. The molecule has 0 amide bonds. The van der Waals surface area contributed by atoms with Gasteiger partial charge in [-0.05, 0) is 36.9 Å². The Hall–Kier alpha value is -0.730. The van der Waals surface area contributed by atoms with Crippen LogP contribution in [-0.2, 0) is 0 Å². The van der Waals surface area contributed by atoms with Gasteiger partial charge in [0.25, 0.3) is 0 Å². The molecule has 2 rings (SSSR count). The van der Waals surface area contributed by atoms with Crippen LogP contribution in [0.5, 0.6) is 0 Å². The lowest BCUT2D eigenvalue weighted by Gasteiger charge is -2.24. The molecule has 1 aliphatic rings. The smallest absolute Gasteiger partial charge is 0.0638 e. The van der Waals surface area contributed by atoms with Crippen LogP contribution >= 0.6 is 11.6 Å². The highest BCUT2D eigenvalue weighted by Crippen LogP contribution is 2.31. The zero-order chi connectivity index (χ0) is 9.97. The second-order valence-electron chi connectivity index (χ2n) is 3.79. The van der Waals surface area contributed by atoms with Crippen molar-refractivity contribution in [1.29, 1.82) is 0 Å². The van der Waals surface area contributed by atoms with E-state index in [0.29, 0.717) is 10.9 Å². The minimum atomic E-state index is 0.530. The number of hydrogen-bond acceptors (Lipinski definition) is 2. The predicted molar refractivity (Wildman–Crippen MR) is 60.7 cm³/mol. The van der Waals surface area contributed by atoms with Crippen molar-refractivity contribution in [1.82, 2.24) is 5.32 Å². The molecule has 1 heterocycles. The SMILES string of the molecule is Nc1c(Cl)cccc1C1CCCNC1. The highest BCUT2D eigenvalue weighted by Gasteiger charge is 2.17. The van der Waals surface area contributed by atoms with Crippen LogP contribution in [0.15, 0.2) is 18.2 Å². The van der Waals surface area contributed by atoms with Gasteiger partial charge in [-0.25, -0.2) is 0 Å². The number of para-hydroxylation sites is 1. The van der Waals surface area contributed by atoms with E-state index < -0.39 is 0 Å². The first-order chi connectivity index (χ1) is 6.79. The van der Waals surface area contributed by atoms with Gasteiger partial charge in [-0.1, -0.05) is 23.7 Å². The zero-order valence-corrected chi connectivity index (χ0v) is 8.85. The minimum Gasteiger partial charge on any atom is -0.397 e. The van der Waals surface area contributed by atoms with E-state index in [1.807, 2.05) is 12.1 Å². The molecule has 3 N–H and O–H groups in total. The summed E-state index contributed by atoms with van der Waals surface area (Å²) in [5.41, 5.74) is 7.91. The molecule has 1 atom stereocenters. The van der Waals surface area contributed by atoms with E-state index in [-0.39, 0.29) is 0 Å². The Morgan fingerprint density at radius 3 is 3.00 bits per heavy atom. The molecule has 14 heavy (non-hydrogen) atoms. The van der Waals surface area contributed by atoms with Crippen LogP contribution in [0, 0.1) is 0 Å². The average Bonchev–Trinajstić information content (AvgIpc) is 2.23. The van der Waals surface area contributed by atoms with Crippen LogP contribution in [-0.4, -0.2) is 13.1 Å². The summed E-state index contributed by atoms with van der Waals surface area (Å²) in [6.45, 7) is 2.14. The molecule has 1 aromatic carbocycles. The van der Waals surface area contributed by atoms with Gasteiger partial charge in [-0.3, -0.25) is 0 Å². The topological polar surface area (TPSA) is 38.0 Å². The van der Waals surface area contributed by atoms with Crippen LogP contribution in [0.4, 0.5) is 5.69 Å². The summed E-state index contributed by atoms with van der Waals surface area (Å²) in [6, 6.07) is 5.90. The van der Waals surface area contributed by atoms with E-state index in [1.54, 1.807) is 0 Å². The Balaban J connectivity index is 2.26. The molecule has 1 fully saturated rings. The summed E-state index contributed by atoms with van der Waals surface area (Å²) in [5.74, 6) is 0.530. The molecule has 0 spiro atoms. The monoisotopic (exact) mass is 210 g/mol. The fourth-order valence-corrected chi connectivity index (χ4v) is 2.21. The van der Waals surface area contributed by atoms with Crippen molar-refractivity contribution in [3.05, 3.63) is 28.8 Å². The van der Waals surface area contributed by atoms with Crippen molar-refractivity contribution in [2.45, 2.75) is 18.8 Å². The minimum absolute atomic E-state index is 0.530. The number of nitrogen functional groups attached to an aromatic ring is 1. The molecule has 1 aromatic rings. The summed E-state index contributed by atoms with van der Waals surface area (Å²) in [4.78, 5) is 0. The molecule has 1 unspecified atom stereocenters. The Morgan fingerprint density at radius 2 is 2.29 bits per heavy atom. The third kappa shape index (κ3) is 1.86. The third-order valence-corrected chi connectivity index (χ3v) is 3.15. The van der Waals surface area contributed by atoms with Gasteiger partial charge >= 0.3 is 0 Å². The highest BCUT2D eigenvalue weighted by molar-refractivity contribution is 6.33. The molecule has 0 saturated carbocycles. The summed E-state index contributed by atoms with van der Waals surface area (Å²) in [7, 11) is 0. The van der Waals surface area contributed by atoms with Gasteiger partial charge in [-0.2, -0.15) is 0 Å². The van der Waals surface area contributed by atoms with Gasteiger partial charge in [0.1, 0.15) is 0 Å². The number of benzene rings is 1. The first-order valence-electron chi connectivity index (χ1n) is 5.03. The molecule has 1 aliphatic heterocycles. The van der Waals surface area contributed by atoms with Crippen molar-refractivity contribution in [2.24, 2.45) is 0 Å². The van der Waals surface area contributed by atoms with Crippen LogP contribution in [0.2, 0.25) is 5.02 Å². The van der Waals surface area contributed by atoms with Crippen molar-refractivity contribution in [3.63, 3.8) is 0 Å². The molecule has 3 heteroatoms. The third-order valence-electron chi connectivity index (χ3n) is 2.82. The summed E-state index contributed by atoms with van der Waals surface area (Å²) in [6.07, 6.45) is 2.42. The fourth-order valence-electron chi connectivity index (χ4n) is 2.03. The molecule has 2 nitrogen and oxygen atoms in total. The Kier molecular flexibility index (Phi) is 2.94. The van der Waals surface area contributed by atoms with Crippen molar-refractivity contribution < 1.29 is 0 Å². The largest absolute Gasteiger partial charge is 0.397 e. The molecule has 1 saturated heterocycles. The second kappa shape index (κ2) is 4.20. The molecule has 0 radical (unpaired) electrons. The van der Waals surface area contributed by atoms with Gasteiger partial charge in [0.05, 0.1) is 10.7 Å². The molecule has 76 valence electrons. The first kappa shape index (κ1) is 9.81. The van der Waals surface area contributed by atoms with Gasteiger partial charge in [0.2, 0.25) is 0 Å². The lowest BCUT2D eigenvalue weighted by molar-refractivity contribution is 0.462. The molecular weight excluding hydrogens is 196 g/mol. The summed E-state index contributed by atoms with van der Waals surface area (Å²) < 4.78 is 0. The number of piperidine rings is 1. The number of nitrogens with one attached hydrogen (secondary N) is 1. The van der Waals surface area contributed by atoms with Gasteiger partial charge in [-0.15, -0.1) is 0 Å². The molecule has 0 aliphatic carbocycles. The fraction of sp³-hybridized carbons (Fsp3) is 0.455. The maximum absolute atomic E-state index is 5.99. The normalized spacial score (nSPS) is 22.2. The molecule has 0 bridgehead atoms. The summed E-state index contributed by atoms with van der Waals surface area (Å²) >= 11 is 5.99. The van der Waals surface area contributed by atoms with Gasteiger partial charge in [0, 0.05) is 6.54 Å². The maximum atomic E-state index is 5.99. The first-order valence-corrected chi connectivity index (χ1v) is 5.41. The van der Waals surface area contributed by atoms with Crippen LogP contribution in [0.25, 0.3) is 0 Å².